The Balaban J connectivity index is 1.88. The van der Waals surface area contributed by atoms with Crippen LogP contribution in [-0.4, -0.2) is 69.1 Å². The van der Waals surface area contributed by atoms with Crippen molar-refractivity contribution in [1.29, 1.82) is 0 Å². The molecule has 0 saturated carbocycles. The van der Waals surface area contributed by atoms with Gasteiger partial charge in [0.1, 0.15) is 10.6 Å². The molecule has 0 radical (unpaired) electrons. The minimum Gasteiger partial charge on any atom is -0.497 e. The largest absolute Gasteiger partial charge is 0.497 e. The number of hydrogen-bond donors (Lipinski definition) is 1. The van der Waals surface area contributed by atoms with E-state index in [9.17, 15) is 18.5 Å². The van der Waals surface area contributed by atoms with Crippen LogP contribution in [0.15, 0.2) is 52.5 Å². The third-order valence-corrected chi connectivity index (χ3v) is 6.71. The average molecular weight is 433 g/mol. The fourth-order valence-electron chi connectivity index (χ4n) is 2.96. The molecule has 0 unspecified atom stereocenters. The van der Waals surface area contributed by atoms with Gasteiger partial charge in [0, 0.05) is 38.3 Å². The van der Waals surface area contributed by atoms with E-state index >= 15 is 0 Å². The summed E-state index contributed by atoms with van der Waals surface area (Å²) in [5, 5.41) is 15.3. The van der Waals surface area contributed by atoms with Crippen LogP contribution in [0.5, 0.6) is 5.75 Å². The van der Waals surface area contributed by atoms with Crippen molar-refractivity contribution >= 4 is 27.6 Å². The van der Waals surface area contributed by atoms with Gasteiger partial charge in [0.05, 0.1) is 23.9 Å². The maximum Gasteiger partial charge on any atom is 0.270 e. The molecule has 1 N–H and O–H groups in total. The van der Waals surface area contributed by atoms with Crippen LogP contribution < -0.4 is 10.2 Å². The quantitative estimate of drug-likeness (QED) is 0.403. The van der Waals surface area contributed by atoms with E-state index in [0.717, 1.165) is 11.6 Å². The standard InChI is InChI=1S/C19H23N5O5S/c1-22-9-11-23(12-10-22)30(27,28)19-13-16(24(25)26)5-8-18(19)21-20-14-15-3-6-17(29-2)7-4-15/h3-8,13-14,21H,9-12H2,1-2H3/b20-14+. The summed E-state index contributed by atoms with van der Waals surface area (Å²) < 4.78 is 32.8. The normalized spacial score (nSPS) is 15.9. The van der Waals surface area contributed by atoms with Crippen LogP contribution in [0.4, 0.5) is 11.4 Å². The lowest BCUT2D eigenvalue weighted by Crippen LogP contribution is -2.47. The highest BCUT2D eigenvalue weighted by Crippen LogP contribution is 2.29. The number of nitro groups is 1. The summed E-state index contributed by atoms with van der Waals surface area (Å²) >= 11 is 0. The van der Waals surface area contributed by atoms with E-state index in [1.54, 1.807) is 31.4 Å². The second-order valence-corrected chi connectivity index (χ2v) is 8.69. The van der Waals surface area contributed by atoms with Crippen molar-refractivity contribution in [2.75, 3.05) is 45.8 Å². The number of hydrazone groups is 1. The van der Waals surface area contributed by atoms with Gasteiger partial charge < -0.3 is 9.64 Å². The van der Waals surface area contributed by atoms with E-state index < -0.39 is 14.9 Å². The second-order valence-electron chi connectivity index (χ2n) is 6.79. The Kier molecular flexibility index (Phi) is 6.65. The molecule has 0 atom stereocenters. The lowest BCUT2D eigenvalue weighted by molar-refractivity contribution is -0.385. The molecule has 1 saturated heterocycles. The summed E-state index contributed by atoms with van der Waals surface area (Å²) in [5.41, 5.74) is 3.35. The van der Waals surface area contributed by atoms with Crippen molar-refractivity contribution in [2.45, 2.75) is 4.90 Å². The van der Waals surface area contributed by atoms with E-state index in [1.807, 2.05) is 11.9 Å². The lowest BCUT2D eigenvalue weighted by Gasteiger charge is -2.31. The Morgan fingerprint density at radius 1 is 1.13 bits per heavy atom. The molecule has 11 heteroatoms. The number of nitro benzene ring substituents is 1. The maximum absolute atomic E-state index is 13.2. The zero-order valence-corrected chi connectivity index (χ0v) is 17.5. The third kappa shape index (κ3) is 4.93. The molecule has 3 rings (SSSR count). The molecule has 10 nitrogen and oxygen atoms in total. The molecule has 0 aliphatic carbocycles. The highest BCUT2D eigenvalue weighted by Gasteiger charge is 2.31. The van der Waals surface area contributed by atoms with E-state index in [1.165, 1.54) is 22.7 Å². The van der Waals surface area contributed by atoms with Gasteiger partial charge in [-0.2, -0.15) is 9.41 Å². The Labute approximate surface area is 174 Å². The monoisotopic (exact) mass is 433 g/mol. The topological polar surface area (TPSA) is 117 Å². The number of anilines is 1. The molecule has 160 valence electrons. The zero-order chi connectivity index (χ0) is 21.7. The highest BCUT2D eigenvalue weighted by molar-refractivity contribution is 7.89. The van der Waals surface area contributed by atoms with Gasteiger partial charge in [-0.3, -0.25) is 15.5 Å². The first kappa shape index (κ1) is 21.7. The molecule has 1 heterocycles. The third-order valence-electron chi connectivity index (χ3n) is 4.77. The molecule has 0 bridgehead atoms. The first-order valence-corrected chi connectivity index (χ1v) is 10.7. The van der Waals surface area contributed by atoms with Gasteiger partial charge in [-0.25, -0.2) is 8.42 Å². The predicted molar refractivity (Wildman–Crippen MR) is 114 cm³/mol. The minimum absolute atomic E-state index is 0.171. The summed E-state index contributed by atoms with van der Waals surface area (Å²) in [5.74, 6) is 0.705. The Hall–Kier alpha value is -3.02. The first-order chi connectivity index (χ1) is 14.3. The molecule has 0 amide bonds. The molecule has 0 spiro atoms. The Morgan fingerprint density at radius 2 is 1.80 bits per heavy atom. The summed E-state index contributed by atoms with van der Waals surface area (Å²) in [6.07, 6.45) is 1.52. The highest BCUT2D eigenvalue weighted by atomic mass is 32.2. The van der Waals surface area contributed by atoms with Crippen molar-refractivity contribution in [1.82, 2.24) is 9.21 Å². The number of nitrogens with zero attached hydrogens (tertiary/aromatic N) is 4. The number of likely N-dealkylation sites (N-methyl/N-ethyl adjacent to an activating group) is 1. The molecule has 0 aromatic heterocycles. The maximum atomic E-state index is 13.2. The second kappa shape index (κ2) is 9.20. The molecule has 1 aliphatic rings. The number of nitrogens with one attached hydrogen (secondary N) is 1. The number of non-ortho nitro benzene ring substituents is 1. The fourth-order valence-corrected chi connectivity index (χ4v) is 4.55. The van der Waals surface area contributed by atoms with E-state index in [4.69, 9.17) is 4.74 Å². The molecule has 2 aromatic carbocycles. The number of rotatable bonds is 7. The predicted octanol–water partition coefficient (Wildman–Crippen LogP) is 1.99. The Bertz CT molecular complexity index is 1030. The number of ether oxygens (including phenoxy) is 1. The number of methoxy groups -OCH3 is 1. The summed E-state index contributed by atoms with van der Waals surface area (Å²) in [4.78, 5) is 12.4. The molecular formula is C19H23N5O5S. The van der Waals surface area contributed by atoms with Crippen molar-refractivity contribution in [3.63, 3.8) is 0 Å². The van der Waals surface area contributed by atoms with E-state index in [2.05, 4.69) is 10.5 Å². The molecule has 30 heavy (non-hydrogen) atoms. The average Bonchev–Trinajstić information content (AvgIpc) is 2.74. The van der Waals surface area contributed by atoms with Gasteiger partial charge in [-0.05, 0) is 42.9 Å². The number of piperazine rings is 1. The number of hydrogen-bond acceptors (Lipinski definition) is 8. The van der Waals surface area contributed by atoms with Crippen LogP contribution in [0.3, 0.4) is 0 Å². The van der Waals surface area contributed by atoms with Gasteiger partial charge in [0.25, 0.3) is 5.69 Å². The number of benzene rings is 2. The SMILES string of the molecule is COc1ccc(/C=N/Nc2ccc([N+](=O)[O-])cc2S(=O)(=O)N2CCN(C)CC2)cc1. The summed E-state index contributed by atoms with van der Waals surface area (Å²) in [6, 6.07) is 10.8. The zero-order valence-electron chi connectivity index (χ0n) is 16.7. The molecule has 2 aromatic rings. The van der Waals surface area contributed by atoms with Crippen molar-refractivity contribution in [3.8, 4) is 5.75 Å². The first-order valence-electron chi connectivity index (χ1n) is 9.21. The fraction of sp³-hybridized carbons (Fsp3) is 0.316. The summed E-state index contributed by atoms with van der Waals surface area (Å²) in [6.45, 7) is 1.81. The van der Waals surface area contributed by atoms with Gasteiger partial charge in [0.2, 0.25) is 10.0 Å². The van der Waals surface area contributed by atoms with Crippen LogP contribution in [0.25, 0.3) is 0 Å². The molecule has 1 aliphatic heterocycles. The lowest BCUT2D eigenvalue weighted by atomic mass is 10.2. The van der Waals surface area contributed by atoms with Crippen LogP contribution in [-0.2, 0) is 10.0 Å². The number of sulfonamides is 1. The van der Waals surface area contributed by atoms with Crippen LogP contribution >= 0.6 is 0 Å². The Morgan fingerprint density at radius 3 is 2.40 bits per heavy atom. The van der Waals surface area contributed by atoms with Gasteiger partial charge in [-0.1, -0.05) is 0 Å². The minimum atomic E-state index is -3.93. The summed E-state index contributed by atoms with van der Waals surface area (Å²) in [7, 11) is -0.441. The van der Waals surface area contributed by atoms with Crippen molar-refractivity contribution < 1.29 is 18.1 Å². The molecular weight excluding hydrogens is 410 g/mol. The van der Waals surface area contributed by atoms with E-state index in [0.29, 0.717) is 31.9 Å². The van der Waals surface area contributed by atoms with Gasteiger partial charge >= 0.3 is 0 Å². The van der Waals surface area contributed by atoms with Crippen LogP contribution in [0.1, 0.15) is 5.56 Å². The van der Waals surface area contributed by atoms with E-state index in [-0.39, 0.29) is 16.3 Å². The van der Waals surface area contributed by atoms with Crippen molar-refractivity contribution in [2.24, 2.45) is 5.10 Å². The molecule has 1 fully saturated rings. The van der Waals surface area contributed by atoms with Gasteiger partial charge in [-0.15, -0.1) is 0 Å². The van der Waals surface area contributed by atoms with Crippen molar-refractivity contribution in [3.05, 3.63) is 58.1 Å². The van der Waals surface area contributed by atoms with Crippen LogP contribution in [0.2, 0.25) is 0 Å². The van der Waals surface area contributed by atoms with Gasteiger partial charge in [0.15, 0.2) is 0 Å². The smallest absolute Gasteiger partial charge is 0.270 e. The van der Waals surface area contributed by atoms with Crippen LogP contribution in [0, 0.1) is 10.1 Å².